The average Bonchev–Trinajstić information content (AvgIpc) is 2.35. The summed E-state index contributed by atoms with van der Waals surface area (Å²) in [4.78, 5) is 0. The van der Waals surface area contributed by atoms with E-state index in [0.717, 1.165) is 0 Å². The highest BCUT2D eigenvalue weighted by atomic mass is 35.5. The molecule has 17 heavy (non-hydrogen) atoms. The topological polar surface area (TPSA) is 61.6 Å². The zero-order chi connectivity index (χ0) is 12.3. The van der Waals surface area contributed by atoms with Crippen LogP contribution in [0.15, 0.2) is 30.3 Å². The third-order valence-corrected chi connectivity index (χ3v) is 2.52. The molecule has 0 aliphatic heterocycles. The molecule has 0 radical (unpaired) electrons. The molecule has 1 heterocycles. The molecule has 0 amide bonds. The lowest BCUT2D eigenvalue weighted by molar-refractivity contribution is 1.04. The van der Waals surface area contributed by atoms with Crippen molar-refractivity contribution in [3.63, 3.8) is 0 Å². The maximum atomic E-state index is 8.79. The lowest BCUT2D eigenvalue weighted by atomic mass is 10.2. The smallest absolute Gasteiger partial charge is 0.153 e. The first-order valence-electron chi connectivity index (χ1n) is 4.65. The standard InChI is InChI=1S/C11H6Cl2N4/c12-8-2-1-7(6-14)5-9(8)15-11-4-3-10(13)16-17-11/h1-5H,(H,15,17). The fourth-order valence-corrected chi connectivity index (χ4v) is 1.48. The van der Waals surface area contributed by atoms with Crippen LogP contribution in [-0.2, 0) is 0 Å². The van der Waals surface area contributed by atoms with Gasteiger partial charge in [0.2, 0.25) is 0 Å². The summed E-state index contributed by atoms with van der Waals surface area (Å²) in [6, 6.07) is 10.2. The Kier molecular flexibility index (Phi) is 3.43. The quantitative estimate of drug-likeness (QED) is 0.903. The minimum absolute atomic E-state index is 0.312. The summed E-state index contributed by atoms with van der Waals surface area (Å²) in [5.41, 5.74) is 1.11. The zero-order valence-corrected chi connectivity index (χ0v) is 10.00. The molecule has 0 saturated heterocycles. The maximum absolute atomic E-state index is 8.79. The lowest BCUT2D eigenvalue weighted by Crippen LogP contribution is -1.96. The van der Waals surface area contributed by atoms with Crippen LogP contribution in [0.3, 0.4) is 0 Å². The summed E-state index contributed by atoms with van der Waals surface area (Å²) in [6.07, 6.45) is 0. The second-order valence-electron chi connectivity index (χ2n) is 3.17. The van der Waals surface area contributed by atoms with Crippen molar-refractivity contribution in [2.45, 2.75) is 0 Å². The van der Waals surface area contributed by atoms with Crippen LogP contribution in [0.4, 0.5) is 11.5 Å². The van der Waals surface area contributed by atoms with Crippen molar-refractivity contribution in [2.75, 3.05) is 5.32 Å². The Morgan fingerprint density at radius 1 is 1.12 bits per heavy atom. The molecule has 6 heteroatoms. The molecule has 2 rings (SSSR count). The molecular formula is C11H6Cl2N4. The van der Waals surface area contributed by atoms with Crippen molar-refractivity contribution in [1.82, 2.24) is 10.2 Å². The Balaban J connectivity index is 2.29. The first-order valence-corrected chi connectivity index (χ1v) is 5.40. The molecule has 1 aromatic heterocycles. The van der Waals surface area contributed by atoms with Crippen molar-refractivity contribution >= 4 is 34.7 Å². The van der Waals surface area contributed by atoms with Gasteiger partial charge in [-0.15, -0.1) is 10.2 Å². The van der Waals surface area contributed by atoms with E-state index in [1.165, 1.54) is 0 Å². The molecule has 1 N–H and O–H groups in total. The maximum Gasteiger partial charge on any atom is 0.153 e. The van der Waals surface area contributed by atoms with Crippen LogP contribution in [0, 0.1) is 11.3 Å². The fourth-order valence-electron chi connectivity index (χ4n) is 1.21. The van der Waals surface area contributed by atoms with E-state index >= 15 is 0 Å². The largest absolute Gasteiger partial charge is 0.337 e. The van der Waals surface area contributed by atoms with Crippen LogP contribution in [-0.4, -0.2) is 10.2 Å². The minimum Gasteiger partial charge on any atom is -0.337 e. The van der Waals surface area contributed by atoms with Crippen molar-refractivity contribution in [3.8, 4) is 6.07 Å². The number of halogens is 2. The van der Waals surface area contributed by atoms with Crippen LogP contribution in [0.25, 0.3) is 0 Å². The summed E-state index contributed by atoms with van der Waals surface area (Å²) in [7, 11) is 0. The van der Waals surface area contributed by atoms with Crippen molar-refractivity contribution in [2.24, 2.45) is 0 Å². The van der Waals surface area contributed by atoms with Gasteiger partial charge in [-0.3, -0.25) is 0 Å². The molecule has 0 bridgehead atoms. The molecule has 0 aliphatic carbocycles. The summed E-state index contributed by atoms with van der Waals surface area (Å²) in [5.74, 6) is 0.506. The Bertz CT molecular complexity index is 575. The van der Waals surface area contributed by atoms with Crippen molar-refractivity contribution in [3.05, 3.63) is 46.1 Å². The van der Waals surface area contributed by atoms with Gasteiger partial charge in [0.15, 0.2) is 11.0 Å². The van der Waals surface area contributed by atoms with Crippen LogP contribution in [0.2, 0.25) is 10.2 Å². The number of hydrogen-bond acceptors (Lipinski definition) is 4. The predicted molar refractivity (Wildman–Crippen MR) is 66.5 cm³/mol. The molecule has 0 fully saturated rings. The third kappa shape index (κ3) is 2.84. The van der Waals surface area contributed by atoms with Gasteiger partial charge in [-0.05, 0) is 30.3 Å². The van der Waals surface area contributed by atoms with Gasteiger partial charge in [-0.1, -0.05) is 23.2 Å². The molecule has 2 aromatic rings. The summed E-state index contributed by atoms with van der Waals surface area (Å²) in [5, 5.41) is 20.1. The highest BCUT2D eigenvalue weighted by Crippen LogP contribution is 2.25. The molecule has 0 saturated carbocycles. The van der Waals surface area contributed by atoms with E-state index in [2.05, 4.69) is 15.5 Å². The highest BCUT2D eigenvalue weighted by Gasteiger charge is 2.03. The van der Waals surface area contributed by atoms with E-state index in [0.29, 0.717) is 27.2 Å². The number of benzene rings is 1. The predicted octanol–water partition coefficient (Wildman–Crippen LogP) is 3.40. The third-order valence-electron chi connectivity index (χ3n) is 1.99. The second kappa shape index (κ2) is 5.00. The summed E-state index contributed by atoms with van der Waals surface area (Å²) >= 11 is 11.6. The number of anilines is 2. The molecule has 0 atom stereocenters. The van der Waals surface area contributed by atoms with Gasteiger partial charge in [-0.2, -0.15) is 5.26 Å². The number of hydrogen-bond donors (Lipinski definition) is 1. The SMILES string of the molecule is N#Cc1ccc(Cl)c(Nc2ccc(Cl)nn2)c1. The van der Waals surface area contributed by atoms with E-state index < -0.39 is 0 Å². The number of rotatable bonds is 2. The van der Waals surface area contributed by atoms with Gasteiger partial charge in [0.25, 0.3) is 0 Å². The first-order chi connectivity index (χ1) is 8.19. The second-order valence-corrected chi connectivity index (χ2v) is 3.97. The highest BCUT2D eigenvalue weighted by molar-refractivity contribution is 6.33. The van der Waals surface area contributed by atoms with Gasteiger partial charge in [0.1, 0.15) is 0 Å². The molecule has 0 aliphatic rings. The van der Waals surface area contributed by atoms with Crippen molar-refractivity contribution < 1.29 is 0 Å². The van der Waals surface area contributed by atoms with E-state index in [-0.39, 0.29) is 0 Å². The van der Waals surface area contributed by atoms with Crippen LogP contribution in [0.5, 0.6) is 0 Å². The fraction of sp³-hybridized carbons (Fsp3) is 0. The van der Waals surface area contributed by atoms with E-state index in [1.807, 2.05) is 6.07 Å². The van der Waals surface area contributed by atoms with E-state index in [4.69, 9.17) is 28.5 Å². The number of nitrogens with zero attached hydrogens (tertiary/aromatic N) is 3. The molecule has 4 nitrogen and oxygen atoms in total. The molecular weight excluding hydrogens is 259 g/mol. The summed E-state index contributed by atoms with van der Waals surface area (Å²) < 4.78 is 0. The number of nitrogens with one attached hydrogen (secondary N) is 1. The van der Waals surface area contributed by atoms with Crippen LogP contribution < -0.4 is 5.32 Å². The Hall–Kier alpha value is -1.83. The molecule has 0 spiro atoms. The lowest BCUT2D eigenvalue weighted by Gasteiger charge is -2.06. The zero-order valence-electron chi connectivity index (χ0n) is 8.48. The van der Waals surface area contributed by atoms with Crippen molar-refractivity contribution in [1.29, 1.82) is 5.26 Å². The van der Waals surface area contributed by atoms with Gasteiger partial charge in [0, 0.05) is 0 Å². The minimum atomic E-state index is 0.312. The molecule has 0 unspecified atom stereocenters. The average molecular weight is 265 g/mol. The van der Waals surface area contributed by atoms with E-state index in [9.17, 15) is 0 Å². The van der Waals surface area contributed by atoms with Crippen LogP contribution >= 0.6 is 23.2 Å². The van der Waals surface area contributed by atoms with Gasteiger partial charge >= 0.3 is 0 Å². The Labute approximate surface area is 108 Å². The monoisotopic (exact) mass is 264 g/mol. The summed E-state index contributed by atoms with van der Waals surface area (Å²) in [6.45, 7) is 0. The number of nitriles is 1. The van der Waals surface area contributed by atoms with E-state index in [1.54, 1.807) is 30.3 Å². The van der Waals surface area contributed by atoms with Gasteiger partial charge in [0.05, 0.1) is 22.3 Å². The number of aromatic nitrogens is 2. The Morgan fingerprint density at radius 3 is 2.59 bits per heavy atom. The first kappa shape index (κ1) is 11.6. The van der Waals surface area contributed by atoms with Gasteiger partial charge < -0.3 is 5.32 Å². The normalized spacial score (nSPS) is 9.71. The Morgan fingerprint density at radius 2 is 1.94 bits per heavy atom. The van der Waals surface area contributed by atoms with Gasteiger partial charge in [-0.25, -0.2) is 0 Å². The molecule has 1 aromatic carbocycles. The molecule has 84 valence electrons. The van der Waals surface area contributed by atoms with Crippen LogP contribution in [0.1, 0.15) is 5.56 Å².